The number of rotatable bonds is 5. The van der Waals surface area contributed by atoms with E-state index in [2.05, 4.69) is 5.32 Å². The molecule has 0 aliphatic rings. The third-order valence-corrected chi connectivity index (χ3v) is 3.55. The summed E-state index contributed by atoms with van der Waals surface area (Å²) < 4.78 is 0. The van der Waals surface area contributed by atoms with Crippen molar-refractivity contribution in [2.75, 3.05) is 19.3 Å². The largest absolute Gasteiger partial charge is 0.320 e. The van der Waals surface area contributed by atoms with Gasteiger partial charge in [0.1, 0.15) is 0 Å². The molecular weight excluding hydrogens is 237 g/mol. The zero-order valence-corrected chi connectivity index (χ0v) is 10.3. The third kappa shape index (κ3) is 4.09. The summed E-state index contributed by atoms with van der Waals surface area (Å²) in [5.41, 5.74) is 0. The lowest BCUT2D eigenvalue weighted by atomic mass is 10.4. The lowest BCUT2D eigenvalue weighted by Crippen LogP contribution is -2.07. The Morgan fingerprint density at radius 2 is 2.07 bits per heavy atom. The minimum Gasteiger partial charge on any atom is -0.320 e. The van der Waals surface area contributed by atoms with Gasteiger partial charge in [-0.3, -0.25) is 0 Å². The minimum absolute atomic E-state index is 0.617. The molecule has 14 heavy (non-hydrogen) atoms. The molecule has 1 nitrogen and oxygen atoms in total. The molecule has 0 aliphatic carbocycles. The molecule has 1 aromatic carbocycles. The van der Waals surface area contributed by atoms with Crippen LogP contribution in [0.3, 0.4) is 0 Å². The highest BCUT2D eigenvalue weighted by atomic mass is 35.5. The van der Waals surface area contributed by atoms with Gasteiger partial charge in [0, 0.05) is 4.90 Å². The molecule has 0 saturated carbocycles. The molecule has 0 fully saturated rings. The van der Waals surface area contributed by atoms with Gasteiger partial charge in [-0.05, 0) is 44.0 Å². The van der Waals surface area contributed by atoms with Crippen molar-refractivity contribution in [3.8, 4) is 0 Å². The van der Waals surface area contributed by atoms with Crippen LogP contribution in [0.15, 0.2) is 23.1 Å². The molecule has 0 aromatic heterocycles. The summed E-state index contributed by atoms with van der Waals surface area (Å²) in [6, 6.07) is 5.75. The van der Waals surface area contributed by atoms with E-state index in [1.165, 1.54) is 4.90 Å². The second kappa shape index (κ2) is 6.57. The predicted octanol–water partition coefficient (Wildman–Crippen LogP) is 3.70. The van der Waals surface area contributed by atoms with E-state index in [0.29, 0.717) is 10.0 Å². The van der Waals surface area contributed by atoms with Crippen molar-refractivity contribution < 1.29 is 0 Å². The van der Waals surface area contributed by atoms with Crippen LogP contribution in [0, 0.1) is 0 Å². The highest BCUT2D eigenvalue weighted by Gasteiger charge is 1.99. The first-order valence-electron chi connectivity index (χ1n) is 4.46. The highest BCUT2D eigenvalue weighted by Crippen LogP contribution is 2.27. The summed E-state index contributed by atoms with van der Waals surface area (Å²) >= 11 is 13.5. The zero-order chi connectivity index (χ0) is 10.4. The van der Waals surface area contributed by atoms with Crippen LogP contribution < -0.4 is 5.32 Å². The number of hydrogen-bond acceptors (Lipinski definition) is 2. The van der Waals surface area contributed by atoms with Crippen molar-refractivity contribution in [1.82, 2.24) is 5.32 Å². The van der Waals surface area contributed by atoms with Gasteiger partial charge >= 0.3 is 0 Å². The van der Waals surface area contributed by atoms with Gasteiger partial charge in [-0.2, -0.15) is 0 Å². The van der Waals surface area contributed by atoms with E-state index < -0.39 is 0 Å². The van der Waals surface area contributed by atoms with Crippen molar-refractivity contribution in [2.45, 2.75) is 11.3 Å². The number of halogens is 2. The monoisotopic (exact) mass is 249 g/mol. The molecule has 78 valence electrons. The fourth-order valence-corrected chi connectivity index (χ4v) is 2.26. The van der Waals surface area contributed by atoms with Crippen molar-refractivity contribution in [3.05, 3.63) is 28.2 Å². The lowest BCUT2D eigenvalue weighted by molar-refractivity contribution is 0.778. The average Bonchev–Trinajstić information content (AvgIpc) is 2.18. The molecule has 0 radical (unpaired) electrons. The molecule has 0 aliphatic heterocycles. The summed E-state index contributed by atoms with van der Waals surface area (Å²) in [4.78, 5) is 1.18. The van der Waals surface area contributed by atoms with Crippen LogP contribution in [0.25, 0.3) is 0 Å². The summed E-state index contributed by atoms with van der Waals surface area (Å²) in [5, 5.41) is 4.36. The highest BCUT2D eigenvalue weighted by molar-refractivity contribution is 7.99. The van der Waals surface area contributed by atoms with E-state index in [1.54, 1.807) is 11.8 Å². The fraction of sp³-hybridized carbons (Fsp3) is 0.400. The van der Waals surface area contributed by atoms with Crippen LogP contribution in [-0.4, -0.2) is 19.3 Å². The maximum atomic E-state index is 5.90. The van der Waals surface area contributed by atoms with E-state index in [0.717, 1.165) is 18.7 Å². The van der Waals surface area contributed by atoms with Crippen molar-refractivity contribution in [2.24, 2.45) is 0 Å². The molecule has 0 saturated heterocycles. The number of nitrogens with one attached hydrogen (secondary N) is 1. The molecular formula is C10H13Cl2NS. The number of thioether (sulfide) groups is 1. The van der Waals surface area contributed by atoms with E-state index in [1.807, 2.05) is 25.2 Å². The Balaban J connectivity index is 2.39. The topological polar surface area (TPSA) is 12.0 Å². The quantitative estimate of drug-likeness (QED) is 0.631. The first kappa shape index (κ1) is 12.2. The fourth-order valence-electron chi connectivity index (χ4n) is 1.01. The van der Waals surface area contributed by atoms with Crippen LogP contribution in [0.2, 0.25) is 10.0 Å². The Kier molecular flexibility index (Phi) is 5.71. The van der Waals surface area contributed by atoms with Crippen LogP contribution in [0.1, 0.15) is 6.42 Å². The van der Waals surface area contributed by atoms with Gasteiger partial charge in [-0.15, -0.1) is 11.8 Å². The molecule has 0 amide bonds. The van der Waals surface area contributed by atoms with E-state index in [9.17, 15) is 0 Å². The van der Waals surface area contributed by atoms with Crippen LogP contribution in [0.4, 0.5) is 0 Å². The maximum absolute atomic E-state index is 5.90. The molecule has 0 heterocycles. The van der Waals surface area contributed by atoms with E-state index >= 15 is 0 Å². The average molecular weight is 250 g/mol. The van der Waals surface area contributed by atoms with Crippen LogP contribution in [0.5, 0.6) is 0 Å². The van der Waals surface area contributed by atoms with Gasteiger partial charge in [0.15, 0.2) is 0 Å². The van der Waals surface area contributed by atoms with Crippen LogP contribution in [-0.2, 0) is 0 Å². The second-order valence-corrected chi connectivity index (χ2v) is 4.86. The molecule has 1 N–H and O–H groups in total. The van der Waals surface area contributed by atoms with Gasteiger partial charge in [-0.1, -0.05) is 23.2 Å². The Morgan fingerprint density at radius 3 is 2.71 bits per heavy atom. The molecule has 0 spiro atoms. The zero-order valence-electron chi connectivity index (χ0n) is 8.02. The summed E-state index contributed by atoms with van der Waals surface area (Å²) in [5.74, 6) is 1.10. The van der Waals surface area contributed by atoms with Gasteiger partial charge in [0.25, 0.3) is 0 Å². The SMILES string of the molecule is CNCCCSc1ccc(Cl)c(Cl)c1. The Morgan fingerprint density at radius 1 is 1.29 bits per heavy atom. The number of benzene rings is 1. The Hall–Kier alpha value is 0.110. The predicted molar refractivity (Wildman–Crippen MR) is 65.7 cm³/mol. The van der Waals surface area contributed by atoms with Gasteiger partial charge in [-0.25, -0.2) is 0 Å². The molecule has 0 bridgehead atoms. The first-order chi connectivity index (χ1) is 6.74. The summed E-state index contributed by atoms with van der Waals surface area (Å²) in [7, 11) is 1.96. The van der Waals surface area contributed by atoms with Gasteiger partial charge < -0.3 is 5.32 Å². The molecule has 0 unspecified atom stereocenters. The smallest absolute Gasteiger partial charge is 0.0603 e. The van der Waals surface area contributed by atoms with Gasteiger partial charge in [0.2, 0.25) is 0 Å². The van der Waals surface area contributed by atoms with E-state index in [-0.39, 0.29) is 0 Å². The van der Waals surface area contributed by atoms with Crippen LogP contribution >= 0.6 is 35.0 Å². The minimum atomic E-state index is 0.617. The molecule has 4 heteroatoms. The summed E-state index contributed by atoms with van der Waals surface area (Å²) in [6.45, 7) is 1.05. The lowest BCUT2D eigenvalue weighted by Gasteiger charge is -2.02. The Bertz CT molecular complexity index is 291. The normalized spacial score (nSPS) is 10.5. The summed E-state index contributed by atoms with van der Waals surface area (Å²) in [6.07, 6.45) is 1.15. The number of hydrogen-bond donors (Lipinski definition) is 1. The first-order valence-corrected chi connectivity index (χ1v) is 6.20. The second-order valence-electron chi connectivity index (χ2n) is 2.88. The molecule has 1 aromatic rings. The van der Waals surface area contributed by atoms with E-state index in [4.69, 9.17) is 23.2 Å². The standard InChI is InChI=1S/C10H13Cl2NS/c1-13-5-2-6-14-8-3-4-9(11)10(12)7-8/h3-4,7,13H,2,5-6H2,1H3. The van der Waals surface area contributed by atoms with Gasteiger partial charge in [0.05, 0.1) is 10.0 Å². The molecule has 0 atom stereocenters. The van der Waals surface area contributed by atoms with Crippen molar-refractivity contribution >= 4 is 35.0 Å². The Labute approximate surface area is 99.2 Å². The maximum Gasteiger partial charge on any atom is 0.0603 e. The molecule has 1 rings (SSSR count). The van der Waals surface area contributed by atoms with Crippen molar-refractivity contribution in [3.63, 3.8) is 0 Å². The third-order valence-electron chi connectivity index (χ3n) is 1.73. The van der Waals surface area contributed by atoms with Crippen molar-refractivity contribution in [1.29, 1.82) is 0 Å².